The van der Waals surface area contributed by atoms with Crippen LogP contribution >= 0.6 is 0 Å². The molecule has 0 spiro atoms. The molecule has 2 heteroatoms. The summed E-state index contributed by atoms with van der Waals surface area (Å²) in [5, 5.41) is 0. The molecule has 0 heterocycles. The van der Waals surface area contributed by atoms with E-state index in [1.54, 1.807) is 0 Å². The molecule has 17 heavy (non-hydrogen) atoms. The highest BCUT2D eigenvalue weighted by molar-refractivity contribution is 4.90. The van der Waals surface area contributed by atoms with Crippen LogP contribution in [-0.2, 0) is 0 Å². The zero-order chi connectivity index (χ0) is 13.1. The second-order valence-electron chi connectivity index (χ2n) is 7.71. The zero-order valence-corrected chi connectivity index (χ0v) is 12.5. The van der Waals surface area contributed by atoms with Crippen molar-refractivity contribution in [3.8, 4) is 0 Å². The molecular formula is C15H32N2. The zero-order valence-electron chi connectivity index (χ0n) is 12.5. The van der Waals surface area contributed by atoms with E-state index in [1.807, 2.05) is 0 Å². The molecule has 2 unspecified atom stereocenters. The first-order chi connectivity index (χ1) is 7.76. The number of hydrogen-bond donors (Lipinski definition) is 2. The molecular weight excluding hydrogens is 208 g/mol. The lowest BCUT2D eigenvalue weighted by molar-refractivity contribution is 0.0894. The summed E-state index contributed by atoms with van der Waals surface area (Å²) in [6, 6.07) is 0.490. The van der Waals surface area contributed by atoms with Crippen molar-refractivity contribution < 1.29 is 0 Å². The Bertz CT molecular complexity index is 228. The SMILES string of the molecule is CC(C)(C)CCC(NN)C1CCCCC1(C)C. The van der Waals surface area contributed by atoms with Crippen LogP contribution in [0.2, 0.25) is 0 Å². The molecule has 2 atom stereocenters. The molecule has 0 amide bonds. The van der Waals surface area contributed by atoms with Crippen LogP contribution in [0.5, 0.6) is 0 Å². The van der Waals surface area contributed by atoms with Crippen LogP contribution in [0.1, 0.15) is 73.1 Å². The van der Waals surface area contributed by atoms with Crippen molar-refractivity contribution in [3.63, 3.8) is 0 Å². The molecule has 2 nitrogen and oxygen atoms in total. The first kappa shape index (κ1) is 15.0. The molecule has 0 saturated heterocycles. The molecule has 0 aromatic carbocycles. The number of hydrazine groups is 1. The van der Waals surface area contributed by atoms with Crippen molar-refractivity contribution in [1.82, 2.24) is 5.43 Å². The monoisotopic (exact) mass is 240 g/mol. The van der Waals surface area contributed by atoms with Gasteiger partial charge < -0.3 is 0 Å². The summed E-state index contributed by atoms with van der Waals surface area (Å²) in [6.07, 6.45) is 7.90. The van der Waals surface area contributed by atoms with Crippen LogP contribution in [0, 0.1) is 16.7 Å². The summed E-state index contributed by atoms with van der Waals surface area (Å²) < 4.78 is 0. The lowest BCUT2D eigenvalue weighted by Gasteiger charge is -2.43. The highest BCUT2D eigenvalue weighted by atomic mass is 15.2. The minimum Gasteiger partial charge on any atom is -0.271 e. The van der Waals surface area contributed by atoms with Gasteiger partial charge in [0.15, 0.2) is 0 Å². The quantitative estimate of drug-likeness (QED) is 0.578. The summed E-state index contributed by atoms with van der Waals surface area (Å²) in [6.45, 7) is 11.8. The van der Waals surface area contributed by atoms with Crippen LogP contribution in [0.15, 0.2) is 0 Å². The lowest BCUT2D eigenvalue weighted by Crippen LogP contribution is -2.48. The fourth-order valence-electron chi connectivity index (χ4n) is 3.26. The molecule has 1 fully saturated rings. The maximum Gasteiger partial charge on any atom is 0.0244 e. The number of hydrogen-bond acceptors (Lipinski definition) is 2. The van der Waals surface area contributed by atoms with E-state index >= 15 is 0 Å². The van der Waals surface area contributed by atoms with Gasteiger partial charge in [-0.2, -0.15) is 0 Å². The van der Waals surface area contributed by atoms with Crippen molar-refractivity contribution in [2.45, 2.75) is 79.2 Å². The van der Waals surface area contributed by atoms with Gasteiger partial charge in [0.1, 0.15) is 0 Å². The Morgan fingerprint density at radius 2 is 1.94 bits per heavy atom. The Kier molecular flexibility index (Phi) is 5.03. The first-order valence-corrected chi connectivity index (χ1v) is 7.22. The average molecular weight is 240 g/mol. The van der Waals surface area contributed by atoms with Crippen molar-refractivity contribution in [2.24, 2.45) is 22.6 Å². The van der Waals surface area contributed by atoms with Crippen LogP contribution in [-0.4, -0.2) is 6.04 Å². The fourth-order valence-corrected chi connectivity index (χ4v) is 3.26. The number of nitrogens with one attached hydrogen (secondary N) is 1. The maximum absolute atomic E-state index is 5.80. The van der Waals surface area contributed by atoms with Gasteiger partial charge in [0.2, 0.25) is 0 Å². The second-order valence-corrected chi connectivity index (χ2v) is 7.71. The van der Waals surface area contributed by atoms with E-state index in [-0.39, 0.29) is 0 Å². The minimum atomic E-state index is 0.411. The average Bonchev–Trinajstić information content (AvgIpc) is 2.19. The third-order valence-corrected chi connectivity index (χ3v) is 4.50. The standard InChI is InChI=1S/C15H32N2/c1-14(2,3)11-9-13(17-16)12-8-6-7-10-15(12,4)5/h12-13,17H,6-11,16H2,1-5H3. The van der Waals surface area contributed by atoms with Gasteiger partial charge in [-0.15, -0.1) is 0 Å². The normalized spacial score (nSPS) is 26.8. The smallest absolute Gasteiger partial charge is 0.0244 e. The van der Waals surface area contributed by atoms with E-state index in [0.717, 1.165) is 5.92 Å². The van der Waals surface area contributed by atoms with E-state index < -0.39 is 0 Å². The van der Waals surface area contributed by atoms with Gasteiger partial charge >= 0.3 is 0 Å². The largest absolute Gasteiger partial charge is 0.271 e. The van der Waals surface area contributed by atoms with E-state index in [2.05, 4.69) is 40.0 Å². The van der Waals surface area contributed by atoms with Crippen molar-refractivity contribution >= 4 is 0 Å². The minimum absolute atomic E-state index is 0.411. The van der Waals surface area contributed by atoms with Crippen molar-refractivity contribution in [3.05, 3.63) is 0 Å². The van der Waals surface area contributed by atoms with Gasteiger partial charge in [-0.05, 0) is 42.4 Å². The van der Waals surface area contributed by atoms with E-state index in [4.69, 9.17) is 5.84 Å². The first-order valence-electron chi connectivity index (χ1n) is 7.22. The van der Waals surface area contributed by atoms with Crippen LogP contribution in [0.4, 0.5) is 0 Å². The third-order valence-electron chi connectivity index (χ3n) is 4.50. The Labute approximate surface area is 108 Å². The number of nitrogens with two attached hydrogens (primary N) is 1. The molecule has 1 rings (SSSR count). The highest BCUT2D eigenvalue weighted by Crippen LogP contribution is 2.43. The Morgan fingerprint density at radius 1 is 1.29 bits per heavy atom. The molecule has 0 aliphatic heterocycles. The molecule has 3 N–H and O–H groups in total. The fraction of sp³-hybridized carbons (Fsp3) is 1.00. The van der Waals surface area contributed by atoms with E-state index in [0.29, 0.717) is 16.9 Å². The molecule has 0 aromatic heterocycles. The maximum atomic E-state index is 5.80. The predicted octanol–water partition coefficient (Wildman–Crippen LogP) is 3.86. The summed E-state index contributed by atoms with van der Waals surface area (Å²) in [7, 11) is 0. The summed E-state index contributed by atoms with van der Waals surface area (Å²) in [5.74, 6) is 6.54. The lowest BCUT2D eigenvalue weighted by atomic mass is 9.65. The van der Waals surface area contributed by atoms with Gasteiger partial charge in [0.25, 0.3) is 0 Å². The van der Waals surface area contributed by atoms with Crippen molar-refractivity contribution in [1.29, 1.82) is 0 Å². The molecule has 1 aliphatic carbocycles. The highest BCUT2D eigenvalue weighted by Gasteiger charge is 2.37. The van der Waals surface area contributed by atoms with Gasteiger partial charge in [0.05, 0.1) is 0 Å². The van der Waals surface area contributed by atoms with Crippen LogP contribution in [0.3, 0.4) is 0 Å². The van der Waals surface area contributed by atoms with Gasteiger partial charge in [-0.3, -0.25) is 11.3 Å². The summed E-state index contributed by atoms with van der Waals surface area (Å²) >= 11 is 0. The second kappa shape index (κ2) is 5.71. The summed E-state index contributed by atoms with van der Waals surface area (Å²) in [5.41, 5.74) is 3.96. The van der Waals surface area contributed by atoms with Gasteiger partial charge in [0, 0.05) is 6.04 Å². The van der Waals surface area contributed by atoms with E-state index in [1.165, 1.54) is 38.5 Å². The van der Waals surface area contributed by atoms with Crippen LogP contribution in [0.25, 0.3) is 0 Å². The molecule has 1 saturated carbocycles. The molecule has 0 aromatic rings. The van der Waals surface area contributed by atoms with E-state index in [9.17, 15) is 0 Å². The Morgan fingerprint density at radius 3 is 2.41 bits per heavy atom. The predicted molar refractivity (Wildman–Crippen MR) is 75.5 cm³/mol. The summed E-state index contributed by atoms with van der Waals surface area (Å²) in [4.78, 5) is 0. The Balaban J connectivity index is 2.59. The Hall–Kier alpha value is -0.0800. The molecule has 102 valence electrons. The topological polar surface area (TPSA) is 38.0 Å². The molecule has 0 radical (unpaired) electrons. The molecule has 0 bridgehead atoms. The number of rotatable bonds is 4. The van der Waals surface area contributed by atoms with Gasteiger partial charge in [-0.1, -0.05) is 47.5 Å². The van der Waals surface area contributed by atoms with Crippen molar-refractivity contribution in [2.75, 3.05) is 0 Å². The van der Waals surface area contributed by atoms with Gasteiger partial charge in [-0.25, -0.2) is 0 Å². The third kappa shape index (κ3) is 4.59. The van der Waals surface area contributed by atoms with Crippen LogP contribution < -0.4 is 11.3 Å². The molecule has 1 aliphatic rings.